The van der Waals surface area contributed by atoms with Crippen molar-refractivity contribution >= 4 is 23.0 Å². The second-order valence-corrected chi connectivity index (χ2v) is 3.90. The number of rotatable bonds is 2. The van der Waals surface area contributed by atoms with E-state index in [1.165, 1.54) is 0 Å². The average molecular weight is 231 g/mol. The predicted molar refractivity (Wildman–Crippen MR) is 66.8 cm³/mol. The number of hydrogen-bond acceptors (Lipinski definition) is 2. The maximum Gasteiger partial charge on any atom is 0.0901 e. The van der Waals surface area contributed by atoms with Crippen molar-refractivity contribution in [1.29, 1.82) is 0 Å². The van der Waals surface area contributed by atoms with E-state index in [2.05, 4.69) is 10.2 Å². The van der Waals surface area contributed by atoms with Crippen LogP contribution in [0.1, 0.15) is 5.56 Å². The van der Waals surface area contributed by atoms with Gasteiger partial charge in [0.25, 0.3) is 0 Å². The van der Waals surface area contributed by atoms with Crippen molar-refractivity contribution in [2.45, 2.75) is 6.92 Å². The van der Waals surface area contributed by atoms with Crippen LogP contribution >= 0.6 is 11.6 Å². The summed E-state index contributed by atoms with van der Waals surface area (Å²) in [6.07, 6.45) is 0. The molecule has 16 heavy (non-hydrogen) atoms. The maximum atomic E-state index is 5.90. The molecule has 0 fully saturated rings. The van der Waals surface area contributed by atoms with Crippen molar-refractivity contribution in [3.05, 3.63) is 59.1 Å². The summed E-state index contributed by atoms with van der Waals surface area (Å²) >= 11 is 5.90. The Morgan fingerprint density at radius 3 is 2.44 bits per heavy atom. The van der Waals surface area contributed by atoms with Gasteiger partial charge >= 0.3 is 0 Å². The number of aryl methyl sites for hydroxylation is 1. The predicted octanol–water partition coefficient (Wildman–Crippen LogP) is 5.06. The van der Waals surface area contributed by atoms with Crippen molar-refractivity contribution in [3.8, 4) is 0 Å². The van der Waals surface area contributed by atoms with E-state index in [0.717, 1.165) is 16.9 Å². The Morgan fingerprint density at radius 1 is 0.938 bits per heavy atom. The number of benzene rings is 2. The summed E-state index contributed by atoms with van der Waals surface area (Å²) in [5.74, 6) is 0. The standard InChI is InChI=1S/C13H11ClN2/c1-10-7-8-11(14)9-13(10)16-15-12-5-3-2-4-6-12/h2-9H,1H3. The highest BCUT2D eigenvalue weighted by molar-refractivity contribution is 6.30. The summed E-state index contributed by atoms with van der Waals surface area (Å²) in [6, 6.07) is 15.2. The summed E-state index contributed by atoms with van der Waals surface area (Å²) in [6.45, 7) is 1.98. The first-order chi connectivity index (χ1) is 7.75. The molecule has 2 nitrogen and oxygen atoms in total. The van der Waals surface area contributed by atoms with Crippen LogP contribution < -0.4 is 0 Å². The molecule has 0 aliphatic carbocycles. The van der Waals surface area contributed by atoms with Crippen molar-refractivity contribution in [3.63, 3.8) is 0 Å². The molecule has 0 saturated carbocycles. The van der Waals surface area contributed by atoms with Crippen molar-refractivity contribution in [1.82, 2.24) is 0 Å². The minimum atomic E-state index is 0.674. The fourth-order valence-electron chi connectivity index (χ4n) is 1.30. The first-order valence-electron chi connectivity index (χ1n) is 4.98. The van der Waals surface area contributed by atoms with E-state index in [9.17, 15) is 0 Å². The lowest BCUT2D eigenvalue weighted by Crippen LogP contribution is -1.73. The quantitative estimate of drug-likeness (QED) is 0.644. The van der Waals surface area contributed by atoms with Crippen LogP contribution in [0.4, 0.5) is 11.4 Å². The highest BCUT2D eigenvalue weighted by Gasteiger charge is 1.97. The van der Waals surface area contributed by atoms with Gasteiger partial charge in [-0.05, 0) is 36.8 Å². The first-order valence-corrected chi connectivity index (χ1v) is 5.36. The molecule has 2 aromatic carbocycles. The molecule has 80 valence electrons. The molecule has 0 heterocycles. The number of azo groups is 1. The molecule has 0 spiro atoms. The maximum absolute atomic E-state index is 5.90. The molecule has 2 rings (SSSR count). The number of hydrogen-bond donors (Lipinski definition) is 0. The monoisotopic (exact) mass is 230 g/mol. The molecule has 0 aromatic heterocycles. The molecular formula is C13H11ClN2. The van der Waals surface area contributed by atoms with E-state index in [0.29, 0.717) is 5.02 Å². The molecule has 0 atom stereocenters. The molecule has 0 saturated heterocycles. The van der Waals surface area contributed by atoms with Crippen LogP contribution in [0.15, 0.2) is 58.8 Å². The number of nitrogens with zero attached hydrogens (tertiary/aromatic N) is 2. The van der Waals surface area contributed by atoms with Crippen LogP contribution in [0.5, 0.6) is 0 Å². The summed E-state index contributed by atoms with van der Waals surface area (Å²) < 4.78 is 0. The zero-order valence-electron chi connectivity index (χ0n) is 8.89. The summed E-state index contributed by atoms with van der Waals surface area (Å²) in [5, 5.41) is 9.00. The SMILES string of the molecule is Cc1ccc(Cl)cc1N=Nc1ccccc1. The molecule has 0 amide bonds. The topological polar surface area (TPSA) is 24.7 Å². The van der Waals surface area contributed by atoms with Gasteiger partial charge in [-0.15, -0.1) is 0 Å². The van der Waals surface area contributed by atoms with E-state index in [1.807, 2.05) is 55.5 Å². The van der Waals surface area contributed by atoms with Crippen molar-refractivity contribution in [2.24, 2.45) is 10.2 Å². The van der Waals surface area contributed by atoms with E-state index >= 15 is 0 Å². The molecule has 0 bridgehead atoms. The Kier molecular flexibility index (Phi) is 3.32. The highest BCUT2D eigenvalue weighted by atomic mass is 35.5. The largest absolute Gasteiger partial charge is 0.151 e. The second-order valence-electron chi connectivity index (χ2n) is 3.47. The van der Waals surface area contributed by atoms with Gasteiger partial charge in [-0.25, -0.2) is 0 Å². The van der Waals surface area contributed by atoms with Gasteiger partial charge in [-0.2, -0.15) is 10.2 Å². The molecule has 3 heteroatoms. The third-order valence-electron chi connectivity index (χ3n) is 2.20. The van der Waals surface area contributed by atoms with Crippen LogP contribution in [0, 0.1) is 6.92 Å². The average Bonchev–Trinajstić information content (AvgIpc) is 2.32. The molecule has 0 unspecified atom stereocenters. The fourth-order valence-corrected chi connectivity index (χ4v) is 1.46. The lowest BCUT2D eigenvalue weighted by molar-refractivity contribution is 1.21. The summed E-state index contributed by atoms with van der Waals surface area (Å²) in [7, 11) is 0. The molecule has 0 aliphatic rings. The van der Waals surface area contributed by atoms with E-state index in [1.54, 1.807) is 0 Å². The van der Waals surface area contributed by atoms with Crippen LogP contribution in [0.2, 0.25) is 5.02 Å². The van der Waals surface area contributed by atoms with Crippen LogP contribution in [0.3, 0.4) is 0 Å². The lowest BCUT2D eigenvalue weighted by atomic mass is 10.2. The zero-order chi connectivity index (χ0) is 11.4. The van der Waals surface area contributed by atoms with Crippen molar-refractivity contribution < 1.29 is 0 Å². The Hall–Kier alpha value is -1.67. The normalized spacial score (nSPS) is 10.9. The van der Waals surface area contributed by atoms with Gasteiger partial charge in [0.15, 0.2) is 0 Å². The van der Waals surface area contributed by atoms with Gasteiger partial charge in [0.2, 0.25) is 0 Å². The Bertz CT molecular complexity index is 507. The van der Waals surface area contributed by atoms with Gasteiger partial charge in [0.05, 0.1) is 11.4 Å². The molecule has 0 N–H and O–H groups in total. The van der Waals surface area contributed by atoms with Gasteiger partial charge in [0, 0.05) is 5.02 Å². The van der Waals surface area contributed by atoms with Gasteiger partial charge < -0.3 is 0 Å². The third-order valence-corrected chi connectivity index (χ3v) is 2.44. The lowest BCUT2D eigenvalue weighted by Gasteiger charge is -1.98. The summed E-state index contributed by atoms with van der Waals surface area (Å²) in [4.78, 5) is 0. The second kappa shape index (κ2) is 4.90. The summed E-state index contributed by atoms with van der Waals surface area (Å²) in [5.41, 5.74) is 2.70. The highest BCUT2D eigenvalue weighted by Crippen LogP contribution is 2.25. The zero-order valence-corrected chi connectivity index (χ0v) is 9.65. The Morgan fingerprint density at radius 2 is 1.69 bits per heavy atom. The van der Waals surface area contributed by atoms with E-state index in [-0.39, 0.29) is 0 Å². The smallest absolute Gasteiger partial charge is 0.0901 e. The Labute approximate surface area is 99.6 Å². The van der Waals surface area contributed by atoms with Gasteiger partial charge in [-0.1, -0.05) is 35.9 Å². The molecule has 0 radical (unpaired) electrons. The first kappa shape index (κ1) is 10.8. The minimum Gasteiger partial charge on any atom is -0.151 e. The van der Waals surface area contributed by atoms with E-state index < -0.39 is 0 Å². The third kappa shape index (κ3) is 2.67. The minimum absolute atomic E-state index is 0.674. The van der Waals surface area contributed by atoms with Crippen LogP contribution in [0.25, 0.3) is 0 Å². The van der Waals surface area contributed by atoms with E-state index in [4.69, 9.17) is 11.6 Å². The number of halogens is 1. The van der Waals surface area contributed by atoms with Crippen LogP contribution in [-0.4, -0.2) is 0 Å². The molecular weight excluding hydrogens is 220 g/mol. The van der Waals surface area contributed by atoms with Crippen molar-refractivity contribution in [2.75, 3.05) is 0 Å². The van der Waals surface area contributed by atoms with Gasteiger partial charge in [0.1, 0.15) is 0 Å². The fraction of sp³-hybridized carbons (Fsp3) is 0.0769. The molecule has 2 aromatic rings. The van der Waals surface area contributed by atoms with Gasteiger partial charge in [-0.3, -0.25) is 0 Å². The Balaban J connectivity index is 2.27. The molecule has 0 aliphatic heterocycles. The van der Waals surface area contributed by atoms with Crippen LogP contribution in [-0.2, 0) is 0 Å².